The van der Waals surface area contributed by atoms with E-state index in [9.17, 15) is 0 Å². The van der Waals surface area contributed by atoms with E-state index in [0.717, 1.165) is 12.2 Å². The van der Waals surface area contributed by atoms with Gasteiger partial charge < -0.3 is 9.15 Å². The standard InChI is InChI=1S/C17H27NO2/c1-12(2)18(13(3)4)15-10-14(5)11-17(15,19-6)16-8-7-9-20-16/h7-10,12-13,15H,11H2,1-6H3/t15-,17+/m1/s1. The third kappa shape index (κ3) is 2.45. The molecule has 0 aromatic carbocycles. The monoisotopic (exact) mass is 277 g/mol. The maximum absolute atomic E-state index is 6.02. The molecule has 0 radical (unpaired) electrons. The lowest BCUT2D eigenvalue weighted by Gasteiger charge is -2.43. The molecule has 0 bridgehead atoms. The van der Waals surface area contributed by atoms with E-state index in [1.54, 1.807) is 13.4 Å². The lowest BCUT2D eigenvalue weighted by molar-refractivity contribution is -0.0877. The summed E-state index contributed by atoms with van der Waals surface area (Å²) < 4.78 is 11.7. The SMILES string of the molecule is CO[C@@]1(c2ccco2)CC(C)=C[C@H]1N(C(C)C)C(C)C. The minimum atomic E-state index is -0.401. The van der Waals surface area contributed by atoms with Gasteiger partial charge in [0.05, 0.1) is 12.3 Å². The van der Waals surface area contributed by atoms with Gasteiger partial charge in [0, 0.05) is 25.6 Å². The van der Waals surface area contributed by atoms with Gasteiger partial charge in [0.2, 0.25) is 0 Å². The van der Waals surface area contributed by atoms with E-state index in [4.69, 9.17) is 9.15 Å². The Labute approximate surface area is 122 Å². The molecule has 1 heterocycles. The topological polar surface area (TPSA) is 25.6 Å². The van der Waals surface area contributed by atoms with Crippen LogP contribution in [-0.2, 0) is 10.3 Å². The molecule has 112 valence electrons. The predicted molar refractivity (Wildman–Crippen MR) is 81.7 cm³/mol. The molecule has 0 saturated heterocycles. The Bertz CT molecular complexity index is 453. The first-order valence-corrected chi connectivity index (χ1v) is 7.46. The maximum Gasteiger partial charge on any atom is 0.148 e. The second-order valence-electron chi connectivity index (χ2n) is 6.34. The third-order valence-electron chi connectivity index (χ3n) is 4.28. The molecule has 0 fully saturated rings. The van der Waals surface area contributed by atoms with Crippen LogP contribution >= 0.6 is 0 Å². The van der Waals surface area contributed by atoms with Crippen LogP contribution in [0.1, 0.15) is 46.8 Å². The van der Waals surface area contributed by atoms with Crippen LogP contribution in [0.2, 0.25) is 0 Å². The van der Waals surface area contributed by atoms with Crippen LogP contribution in [0.4, 0.5) is 0 Å². The van der Waals surface area contributed by atoms with Crippen molar-refractivity contribution in [2.75, 3.05) is 7.11 Å². The summed E-state index contributed by atoms with van der Waals surface area (Å²) in [5, 5.41) is 0. The average Bonchev–Trinajstić information content (AvgIpc) is 2.96. The first-order chi connectivity index (χ1) is 9.42. The summed E-state index contributed by atoms with van der Waals surface area (Å²) in [5.74, 6) is 0.921. The summed E-state index contributed by atoms with van der Waals surface area (Å²) in [6.45, 7) is 11.1. The largest absolute Gasteiger partial charge is 0.466 e. The number of ether oxygens (including phenoxy) is 1. The van der Waals surface area contributed by atoms with Crippen LogP contribution in [-0.4, -0.2) is 30.1 Å². The van der Waals surface area contributed by atoms with E-state index in [1.165, 1.54) is 5.57 Å². The molecule has 3 nitrogen and oxygen atoms in total. The highest BCUT2D eigenvalue weighted by atomic mass is 16.5. The number of hydrogen-bond donors (Lipinski definition) is 0. The second kappa shape index (κ2) is 5.74. The van der Waals surface area contributed by atoms with E-state index in [0.29, 0.717) is 12.1 Å². The molecule has 0 aliphatic heterocycles. The van der Waals surface area contributed by atoms with Crippen LogP contribution in [0, 0.1) is 0 Å². The van der Waals surface area contributed by atoms with Gasteiger partial charge in [-0.1, -0.05) is 11.6 Å². The van der Waals surface area contributed by atoms with Crippen molar-refractivity contribution >= 4 is 0 Å². The minimum Gasteiger partial charge on any atom is -0.466 e. The molecule has 1 aliphatic carbocycles. The molecule has 0 N–H and O–H groups in total. The number of hydrogen-bond acceptors (Lipinski definition) is 3. The van der Waals surface area contributed by atoms with Gasteiger partial charge in [0.1, 0.15) is 11.4 Å². The molecule has 1 aliphatic rings. The molecular weight excluding hydrogens is 250 g/mol. The maximum atomic E-state index is 6.02. The van der Waals surface area contributed by atoms with E-state index >= 15 is 0 Å². The summed E-state index contributed by atoms with van der Waals surface area (Å²) >= 11 is 0. The van der Waals surface area contributed by atoms with E-state index in [1.807, 2.05) is 12.1 Å². The van der Waals surface area contributed by atoms with Gasteiger partial charge in [0.25, 0.3) is 0 Å². The van der Waals surface area contributed by atoms with Crippen molar-refractivity contribution in [2.45, 2.75) is 64.8 Å². The molecule has 0 unspecified atom stereocenters. The Morgan fingerprint density at radius 1 is 1.30 bits per heavy atom. The fourth-order valence-electron chi connectivity index (χ4n) is 3.59. The van der Waals surface area contributed by atoms with E-state index < -0.39 is 5.60 Å². The number of nitrogens with zero attached hydrogens (tertiary/aromatic N) is 1. The summed E-state index contributed by atoms with van der Waals surface area (Å²) in [5.41, 5.74) is 0.960. The van der Waals surface area contributed by atoms with Gasteiger partial charge in [-0.05, 0) is 46.8 Å². The average molecular weight is 277 g/mol. The molecule has 1 aromatic rings. The molecule has 2 rings (SSSR count). The fourth-order valence-corrected chi connectivity index (χ4v) is 3.59. The lowest BCUT2D eigenvalue weighted by atomic mass is 9.89. The number of furan rings is 1. The lowest BCUT2D eigenvalue weighted by Crippen LogP contribution is -2.53. The molecule has 0 amide bonds. The van der Waals surface area contributed by atoms with Crippen LogP contribution in [0.3, 0.4) is 0 Å². The molecule has 1 aromatic heterocycles. The Hall–Kier alpha value is -1.06. The first-order valence-electron chi connectivity index (χ1n) is 7.46. The summed E-state index contributed by atoms with van der Waals surface area (Å²) in [6.07, 6.45) is 4.96. The zero-order valence-corrected chi connectivity index (χ0v) is 13.5. The number of rotatable bonds is 5. The summed E-state index contributed by atoms with van der Waals surface area (Å²) in [4.78, 5) is 2.50. The zero-order chi connectivity index (χ0) is 14.9. The van der Waals surface area contributed by atoms with E-state index in [2.05, 4.69) is 45.6 Å². The van der Waals surface area contributed by atoms with Gasteiger partial charge in [0.15, 0.2) is 0 Å². The van der Waals surface area contributed by atoms with Crippen LogP contribution in [0.15, 0.2) is 34.5 Å². The quantitative estimate of drug-likeness (QED) is 0.762. The van der Waals surface area contributed by atoms with Crippen molar-refractivity contribution in [3.05, 3.63) is 35.8 Å². The van der Waals surface area contributed by atoms with Crippen LogP contribution < -0.4 is 0 Å². The Kier molecular flexibility index (Phi) is 4.40. The van der Waals surface area contributed by atoms with Crippen LogP contribution in [0.5, 0.6) is 0 Å². The van der Waals surface area contributed by atoms with Gasteiger partial charge >= 0.3 is 0 Å². The normalized spacial score (nSPS) is 26.9. The molecule has 0 spiro atoms. The molecular formula is C17H27NO2. The molecule has 20 heavy (non-hydrogen) atoms. The van der Waals surface area contributed by atoms with Crippen LogP contribution in [0.25, 0.3) is 0 Å². The smallest absolute Gasteiger partial charge is 0.148 e. The highest BCUT2D eigenvalue weighted by Crippen LogP contribution is 2.45. The highest BCUT2D eigenvalue weighted by Gasteiger charge is 2.49. The third-order valence-corrected chi connectivity index (χ3v) is 4.28. The fraction of sp³-hybridized carbons (Fsp3) is 0.647. The van der Waals surface area contributed by atoms with Gasteiger partial charge in [-0.3, -0.25) is 4.90 Å². The predicted octanol–water partition coefficient (Wildman–Crippen LogP) is 3.96. The second-order valence-corrected chi connectivity index (χ2v) is 6.34. The summed E-state index contributed by atoms with van der Waals surface area (Å²) in [7, 11) is 1.79. The molecule has 3 heteroatoms. The summed E-state index contributed by atoms with van der Waals surface area (Å²) in [6, 6.07) is 5.08. The van der Waals surface area contributed by atoms with Crippen molar-refractivity contribution in [1.29, 1.82) is 0 Å². The number of methoxy groups -OCH3 is 1. The van der Waals surface area contributed by atoms with Crippen molar-refractivity contribution in [3.63, 3.8) is 0 Å². The Balaban J connectivity index is 2.47. The van der Waals surface area contributed by atoms with E-state index in [-0.39, 0.29) is 6.04 Å². The zero-order valence-electron chi connectivity index (χ0n) is 13.5. The Morgan fingerprint density at radius 3 is 2.40 bits per heavy atom. The Morgan fingerprint density at radius 2 is 1.95 bits per heavy atom. The van der Waals surface area contributed by atoms with Crippen molar-refractivity contribution in [2.24, 2.45) is 0 Å². The van der Waals surface area contributed by atoms with Crippen molar-refractivity contribution in [3.8, 4) is 0 Å². The van der Waals surface area contributed by atoms with Gasteiger partial charge in [-0.15, -0.1) is 0 Å². The molecule has 0 saturated carbocycles. The highest BCUT2D eigenvalue weighted by molar-refractivity contribution is 5.30. The molecule has 2 atom stereocenters. The van der Waals surface area contributed by atoms with Crippen molar-refractivity contribution < 1.29 is 9.15 Å². The minimum absolute atomic E-state index is 0.207. The first kappa shape index (κ1) is 15.3. The van der Waals surface area contributed by atoms with Gasteiger partial charge in [-0.2, -0.15) is 0 Å². The van der Waals surface area contributed by atoms with Crippen molar-refractivity contribution in [1.82, 2.24) is 4.90 Å². The van der Waals surface area contributed by atoms with Gasteiger partial charge in [-0.25, -0.2) is 0 Å².